The van der Waals surface area contributed by atoms with Gasteiger partial charge in [-0.05, 0) is 44.9 Å². The number of ether oxygens (including phenoxy) is 1. The van der Waals surface area contributed by atoms with E-state index in [1.165, 1.54) is 16.2 Å². The van der Waals surface area contributed by atoms with Crippen LogP contribution >= 0.6 is 11.3 Å². The summed E-state index contributed by atoms with van der Waals surface area (Å²) in [5.74, 6) is 0.664. The number of nitrogens with one attached hydrogen (secondary N) is 1. The molecule has 0 amide bonds. The van der Waals surface area contributed by atoms with Gasteiger partial charge in [-0.3, -0.25) is 0 Å². The Morgan fingerprint density at radius 1 is 1.39 bits per heavy atom. The Bertz CT molecular complexity index is 363. The second-order valence-corrected chi connectivity index (χ2v) is 6.37. The summed E-state index contributed by atoms with van der Waals surface area (Å²) in [6.45, 7) is 8.61. The second-order valence-electron chi connectivity index (χ2n) is 5.12. The zero-order valence-corrected chi connectivity index (χ0v) is 12.6. The lowest BCUT2D eigenvalue weighted by atomic mass is 9.90. The standard InChI is InChI=1S/C15H25NOS/c1-4-12-6-7-13(18-12)10-15(16-5-2)14-8-9-17-11(14)3/h6-7,11,14-16H,4-5,8-10H2,1-3H3. The number of likely N-dealkylation sites (N-methyl/N-ethyl adjacent to an activating group) is 1. The summed E-state index contributed by atoms with van der Waals surface area (Å²) in [5, 5.41) is 3.66. The molecule has 0 aliphatic carbocycles. The number of rotatable bonds is 6. The first-order valence-electron chi connectivity index (χ1n) is 7.17. The first-order valence-corrected chi connectivity index (χ1v) is 7.98. The van der Waals surface area contributed by atoms with Crippen LogP contribution in [0.1, 0.15) is 36.9 Å². The predicted molar refractivity (Wildman–Crippen MR) is 78.4 cm³/mol. The van der Waals surface area contributed by atoms with Gasteiger partial charge in [0.2, 0.25) is 0 Å². The third-order valence-electron chi connectivity index (χ3n) is 3.90. The van der Waals surface area contributed by atoms with Gasteiger partial charge in [0.25, 0.3) is 0 Å². The quantitative estimate of drug-likeness (QED) is 0.854. The second kappa shape index (κ2) is 6.69. The summed E-state index contributed by atoms with van der Waals surface area (Å²) >= 11 is 1.97. The van der Waals surface area contributed by atoms with Gasteiger partial charge in [0.1, 0.15) is 0 Å². The SMILES string of the molecule is CCNC(Cc1ccc(CC)s1)C1CCOC1C. The Labute approximate surface area is 115 Å². The zero-order chi connectivity index (χ0) is 13.0. The third kappa shape index (κ3) is 3.34. The number of hydrogen-bond acceptors (Lipinski definition) is 3. The molecular weight excluding hydrogens is 242 g/mol. The van der Waals surface area contributed by atoms with Gasteiger partial charge < -0.3 is 10.1 Å². The van der Waals surface area contributed by atoms with Gasteiger partial charge >= 0.3 is 0 Å². The van der Waals surface area contributed by atoms with Crippen molar-refractivity contribution < 1.29 is 4.74 Å². The van der Waals surface area contributed by atoms with Gasteiger partial charge in [-0.15, -0.1) is 11.3 Å². The molecule has 1 saturated heterocycles. The number of thiophene rings is 1. The molecule has 3 unspecified atom stereocenters. The Morgan fingerprint density at radius 3 is 2.72 bits per heavy atom. The van der Waals surface area contributed by atoms with Crippen LogP contribution in [0.4, 0.5) is 0 Å². The van der Waals surface area contributed by atoms with Gasteiger partial charge in [0.15, 0.2) is 0 Å². The van der Waals surface area contributed by atoms with Crippen LogP contribution < -0.4 is 5.32 Å². The molecular formula is C15H25NOS. The summed E-state index contributed by atoms with van der Waals surface area (Å²) < 4.78 is 5.72. The van der Waals surface area contributed by atoms with E-state index in [0.29, 0.717) is 18.1 Å². The normalized spacial score (nSPS) is 25.5. The van der Waals surface area contributed by atoms with E-state index in [4.69, 9.17) is 4.74 Å². The Hall–Kier alpha value is -0.380. The molecule has 1 aromatic heterocycles. The Morgan fingerprint density at radius 2 is 2.17 bits per heavy atom. The van der Waals surface area contributed by atoms with Crippen molar-refractivity contribution in [1.82, 2.24) is 5.32 Å². The molecule has 1 fully saturated rings. The van der Waals surface area contributed by atoms with Crippen molar-refractivity contribution in [2.45, 2.75) is 52.2 Å². The fourth-order valence-electron chi connectivity index (χ4n) is 2.85. The van der Waals surface area contributed by atoms with E-state index in [9.17, 15) is 0 Å². The lowest BCUT2D eigenvalue weighted by Gasteiger charge is -2.26. The van der Waals surface area contributed by atoms with Crippen molar-refractivity contribution >= 4 is 11.3 Å². The molecule has 2 rings (SSSR count). The molecule has 1 aliphatic heterocycles. The molecule has 102 valence electrons. The molecule has 1 aliphatic rings. The molecule has 1 N–H and O–H groups in total. The topological polar surface area (TPSA) is 21.3 Å². The fourth-order valence-corrected chi connectivity index (χ4v) is 3.87. The highest BCUT2D eigenvalue weighted by atomic mass is 32.1. The first-order chi connectivity index (χ1) is 8.74. The van der Waals surface area contributed by atoms with Gasteiger partial charge in [-0.1, -0.05) is 13.8 Å². The molecule has 0 aromatic carbocycles. The molecule has 3 heteroatoms. The van der Waals surface area contributed by atoms with Crippen molar-refractivity contribution in [2.75, 3.05) is 13.2 Å². The molecule has 0 saturated carbocycles. The van der Waals surface area contributed by atoms with Crippen molar-refractivity contribution in [1.29, 1.82) is 0 Å². The van der Waals surface area contributed by atoms with Crippen molar-refractivity contribution in [3.63, 3.8) is 0 Å². The highest BCUT2D eigenvalue weighted by molar-refractivity contribution is 7.11. The summed E-state index contributed by atoms with van der Waals surface area (Å²) in [5.41, 5.74) is 0. The summed E-state index contributed by atoms with van der Waals surface area (Å²) in [6, 6.07) is 5.14. The van der Waals surface area contributed by atoms with Crippen LogP contribution in [0.2, 0.25) is 0 Å². The first kappa shape index (κ1) is 14.0. The largest absolute Gasteiger partial charge is 0.378 e. The maximum atomic E-state index is 5.72. The van der Waals surface area contributed by atoms with Crippen molar-refractivity contribution in [3.8, 4) is 0 Å². The molecule has 3 atom stereocenters. The van der Waals surface area contributed by atoms with Crippen LogP contribution in [0.5, 0.6) is 0 Å². The minimum absolute atomic E-state index is 0.402. The maximum absolute atomic E-state index is 5.72. The van der Waals surface area contributed by atoms with Crippen LogP contribution in [0, 0.1) is 5.92 Å². The van der Waals surface area contributed by atoms with Crippen LogP contribution in [-0.2, 0) is 17.6 Å². The molecule has 2 heterocycles. The van der Waals surface area contributed by atoms with E-state index in [2.05, 4.69) is 38.2 Å². The molecule has 18 heavy (non-hydrogen) atoms. The van der Waals surface area contributed by atoms with E-state index in [1.54, 1.807) is 0 Å². The van der Waals surface area contributed by atoms with E-state index in [0.717, 1.165) is 26.0 Å². The molecule has 1 aromatic rings. The molecule has 2 nitrogen and oxygen atoms in total. The smallest absolute Gasteiger partial charge is 0.0590 e. The number of aryl methyl sites for hydroxylation is 1. The van der Waals surface area contributed by atoms with Gasteiger partial charge in [0.05, 0.1) is 6.10 Å². The van der Waals surface area contributed by atoms with Gasteiger partial charge in [-0.2, -0.15) is 0 Å². The van der Waals surface area contributed by atoms with Crippen LogP contribution in [0.25, 0.3) is 0 Å². The van der Waals surface area contributed by atoms with E-state index >= 15 is 0 Å². The van der Waals surface area contributed by atoms with Crippen LogP contribution in [0.3, 0.4) is 0 Å². The zero-order valence-electron chi connectivity index (χ0n) is 11.7. The summed E-state index contributed by atoms with van der Waals surface area (Å²) in [6.07, 6.45) is 3.90. The van der Waals surface area contributed by atoms with Crippen molar-refractivity contribution in [3.05, 3.63) is 21.9 Å². The Kier molecular flexibility index (Phi) is 5.22. The van der Waals surface area contributed by atoms with Crippen LogP contribution in [0.15, 0.2) is 12.1 Å². The summed E-state index contributed by atoms with van der Waals surface area (Å²) in [7, 11) is 0. The van der Waals surface area contributed by atoms with Crippen molar-refractivity contribution in [2.24, 2.45) is 5.92 Å². The highest BCUT2D eigenvalue weighted by Crippen LogP contribution is 2.28. The minimum atomic E-state index is 0.402. The maximum Gasteiger partial charge on any atom is 0.0590 e. The van der Waals surface area contributed by atoms with E-state index < -0.39 is 0 Å². The summed E-state index contributed by atoms with van der Waals surface area (Å²) in [4.78, 5) is 3.01. The lowest BCUT2D eigenvalue weighted by Crippen LogP contribution is -2.40. The minimum Gasteiger partial charge on any atom is -0.378 e. The molecule has 0 bridgehead atoms. The predicted octanol–water partition coefficient (Wildman–Crippen LogP) is 3.26. The highest BCUT2D eigenvalue weighted by Gasteiger charge is 2.31. The third-order valence-corrected chi connectivity index (χ3v) is 5.16. The molecule has 0 radical (unpaired) electrons. The Balaban J connectivity index is 2.01. The van der Waals surface area contributed by atoms with E-state index in [1.807, 2.05) is 11.3 Å². The average molecular weight is 267 g/mol. The average Bonchev–Trinajstić information content (AvgIpc) is 2.97. The number of hydrogen-bond donors (Lipinski definition) is 1. The molecule has 0 spiro atoms. The van der Waals surface area contributed by atoms with Crippen LogP contribution in [-0.4, -0.2) is 25.3 Å². The van der Waals surface area contributed by atoms with Gasteiger partial charge in [-0.25, -0.2) is 0 Å². The van der Waals surface area contributed by atoms with E-state index in [-0.39, 0.29) is 0 Å². The monoisotopic (exact) mass is 267 g/mol. The van der Waals surface area contributed by atoms with Gasteiger partial charge in [0, 0.05) is 28.3 Å². The fraction of sp³-hybridized carbons (Fsp3) is 0.733. The lowest BCUT2D eigenvalue weighted by molar-refractivity contribution is 0.0957.